The van der Waals surface area contributed by atoms with Crippen LogP contribution < -0.4 is 5.32 Å². The molecule has 0 spiro atoms. The van der Waals surface area contributed by atoms with Crippen molar-refractivity contribution in [3.63, 3.8) is 0 Å². The van der Waals surface area contributed by atoms with Crippen LogP contribution in [0.25, 0.3) is 0 Å². The zero-order valence-electron chi connectivity index (χ0n) is 9.01. The van der Waals surface area contributed by atoms with Crippen molar-refractivity contribution in [2.24, 2.45) is 0 Å². The molecule has 0 aromatic heterocycles. The molecular formula is C10H11ClN2O4. The molecule has 1 atom stereocenters. The first-order valence-electron chi connectivity index (χ1n) is 4.78. The van der Waals surface area contributed by atoms with E-state index in [-0.39, 0.29) is 17.1 Å². The first-order valence-corrected chi connectivity index (χ1v) is 5.16. The largest absolute Gasteiger partial charge is 0.480 e. The lowest BCUT2D eigenvalue weighted by Crippen LogP contribution is -2.35. The summed E-state index contributed by atoms with van der Waals surface area (Å²) in [6.45, 7) is 0. The number of non-ortho nitro benzene ring substituents is 1. The molecule has 1 aromatic rings. The summed E-state index contributed by atoms with van der Waals surface area (Å²) in [5, 5.41) is 22.2. The molecule has 2 N–H and O–H groups in total. The number of carboxylic acids is 1. The summed E-state index contributed by atoms with van der Waals surface area (Å²) in [6, 6.07) is 3.21. The molecule has 0 saturated carbocycles. The predicted molar refractivity (Wildman–Crippen MR) is 62.3 cm³/mol. The number of likely N-dealkylation sites (N-methyl/N-ethyl adjacent to an activating group) is 1. The Morgan fingerprint density at radius 3 is 2.71 bits per heavy atom. The number of carbonyl (C=O) groups is 1. The lowest BCUT2D eigenvalue weighted by atomic mass is 10.1. The zero-order valence-corrected chi connectivity index (χ0v) is 9.77. The number of hydrogen-bond donors (Lipinski definition) is 2. The number of rotatable bonds is 5. The minimum atomic E-state index is -0.998. The molecule has 0 bridgehead atoms. The quantitative estimate of drug-likeness (QED) is 0.616. The molecule has 1 unspecified atom stereocenters. The molecule has 92 valence electrons. The molecule has 6 nitrogen and oxygen atoms in total. The van der Waals surface area contributed by atoms with Crippen LogP contribution in [0.4, 0.5) is 5.69 Å². The fourth-order valence-corrected chi connectivity index (χ4v) is 1.60. The van der Waals surface area contributed by atoms with Crippen molar-refractivity contribution in [2.45, 2.75) is 12.5 Å². The second-order valence-corrected chi connectivity index (χ2v) is 3.82. The molecule has 0 saturated heterocycles. The summed E-state index contributed by atoms with van der Waals surface area (Å²) in [5.41, 5.74) is 0.439. The van der Waals surface area contributed by atoms with Gasteiger partial charge in [0.25, 0.3) is 5.69 Å². The highest BCUT2D eigenvalue weighted by Crippen LogP contribution is 2.23. The number of nitrogens with zero attached hydrogens (tertiary/aromatic N) is 1. The van der Waals surface area contributed by atoms with E-state index < -0.39 is 16.9 Å². The fourth-order valence-electron chi connectivity index (χ4n) is 1.35. The van der Waals surface area contributed by atoms with Gasteiger partial charge in [0, 0.05) is 12.1 Å². The van der Waals surface area contributed by atoms with Crippen molar-refractivity contribution in [1.82, 2.24) is 5.32 Å². The van der Waals surface area contributed by atoms with Crippen LogP contribution in [0.3, 0.4) is 0 Å². The highest BCUT2D eigenvalue weighted by atomic mass is 35.5. The Bertz CT molecular complexity index is 450. The molecule has 0 heterocycles. The first-order chi connectivity index (χ1) is 7.95. The van der Waals surface area contributed by atoms with Crippen molar-refractivity contribution in [3.8, 4) is 0 Å². The molecule has 1 rings (SSSR count). The molecular weight excluding hydrogens is 248 g/mol. The number of benzene rings is 1. The highest BCUT2D eigenvalue weighted by molar-refractivity contribution is 6.31. The minimum Gasteiger partial charge on any atom is -0.480 e. The number of carboxylic acid groups (broad SMARTS) is 1. The van der Waals surface area contributed by atoms with Crippen LogP contribution in [-0.2, 0) is 11.2 Å². The van der Waals surface area contributed by atoms with Gasteiger partial charge in [-0.3, -0.25) is 14.9 Å². The van der Waals surface area contributed by atoms with Gasteiger partial charge in [-0.05, 0) is 19.0 Å². The van der Waals surface area contributed by atoms with Crippen molar-refractivity contribution in [1.29, 1.82) is 0 Å². The molecule has 0 fully saturated rings. The topological polar surface area (TPSA) is 92.5 Å². The average molecular weight is 259 g/mol. The van der Waals surface area contributed by atoms with E-state index in [2.05, 4.69) is 5.32 Å². The number of halogens is 1. The number of nitro groups is 1. The number of aliphatic carboxylic acids is 1. The van der Waals surface area contributed by atoms with Gasteiger partial charge in [0.15, 0.2) is 0 Å². The summed E-state index contributed by atoms with van der Waals surface area (Å²) in [6.07, 6.45) is 0.169. The minimum absolute atomic E-state index is 0.116. The maximum absolute atomic E-state index is 10.8. The standard InChI is InChI=1S/C10H11ClN2O4/c1-12-9(10(14)15)4-6-2-3-7(13(16)17)5-8(6)11/h2-3,5,9,12H,4H2,1H3,(H,14,15). The van der Waals surface area contributed by atoms with Crippen molar-refractivity contribution in [2.75, 3.05) is 7.05 Å². The van der Waals surface area contributed by atoms with Crippen LogP contribution in [0.2, 0.25) is 5.02 Å². The van der Waals surface area contributed by atoms with Gasteiger partial charge >= 0.3 is 5.97 Å². The molecule has 17 heavy (non-hydrogen) atoms. The predicted octanol–water partition coefficient (Wildman–Crippen LogP) is 1.46. The third-order valence-corrected chi connectivity index (χ3v) is 2.67. The van der Waals surface area contributed by atoms with E-state index in [0.717, 1.165) is 0 Å². The average Bonchev–Trinajstić information content (AvgIpc) is 2.26. The summed E-state index contributed by atoms with van der Waals surface area (Å²) in [4.78, 5) is 20.7. The summed E-state index contributed by atoms with van der Waals surface area (Å²) >= 11 is 5.85. The van der Waals surface area contributed by atoms with E-state index in [0.29, 0.717) is 5.56 Å². The summed E-state index contributed by atoms with van der Waals surface area (Å²) in [7, 11) is 1.53. The van der Waals surface area contributed by atoms with Crippen LogP contribution in [0, 0.1) is 10.1 Å². The Hall–Kier alpha value is -1.66. The molecule has 0 amide bonds. The van der Waals surface area contributed by atoms with Crippen LogP contribution >= 0.6 is 11.6 Å². The third kappa shape index (κ3) is 3.40. The Balaban J connectivity index is 2.93. The Kier molecular flexibility index (Phi) is 4.42. The van der Waals surface area contributed by atoms with Gasteiger partial charge in [-0.25, -0.2) is 0 Å². The van der Waals surface area contributed by atoms with Crippen molar-refractivity contribution >= 4 is 23.3 Å². The van der Waals surface area contributed by atoms with E-state index in [1.165, 1.54) is 25.2 Å². The number of nitro benzene ring substituents is 1. The van der Waals surface area contributed by atoms with Gasteiger partial charge < -0.3 is 10.4 Å². The zero-order chi connectivity index (χ0) is 13.0. The fraction of sp³-hybridized carbons (Fsp3) is 0.300. The van der Waals surface area contributed by atoms with Crippen molar-refractivity contribution < 1.29 is 14.8 Å². The molecule has 0 radical (unpaired) electrons. The Morgan fingerprint density at radius 2 is 2.29 bits per heavy atom. The normalized spacial score (nSPS) is 12.1. The van der Waals surface area contributed by atoms with E-state index in [1.807, 2.05) is 0 Å². The molecule has 1 aromatic carbocycles. The van der Waals surface area contributed by atoms with E-state index >= 15 is 0 Å². The third-order valence-electron chi connectivity index (χ3n) is 2.32. The molecule has 0 aliphatic rings. The second-order valence-electron chi connectivity index (χ2n) is 3.42. The Morgan fingerprint density at radius 1 is 1.65 bits per heavy atom. The Labute approximate surface area is 102 Å². The van der Waals surface area contributed by atoms with Gasteiger partial charge in [0.05, 0.1) is 9.95 Å². The maximum atomic E-state index is 10.8. The van der Waals surface area contributed by atoms with Gasteiger partial charge in [-0.15, -0.1) is 0 Å². The smallest absolute Gasteiger partial charge is 0.321 e. The first kappa shape index (κ1) is 13.4. The monoisotopic (exact) mass is 258 g/mol. The lowest BCUT2D eigenvalue weighted by Gasteiger charge is -2.11. The van der Waals surface area contributed by atoms with Gasteiger partial charge in [-0.2, -0.15) is 0 Å². The SMILES string of the molecule is CNC(Cc1ccc([N+](=O)[O-])cc1Cl)C(=O)O. The van der Waals surface area contributed by atoms with Gasteiger partial charge in [0.2, 0.25) is 0 Å². The van der Waals surface area contributed by atoms with Crippen LogP contribution in [0.15, 0.2) is 18.2 Å². The van der Waals surface area contributed by atoms with E-state index in [4.69, 9.17) is 16.7 Å². The van der Waals surface area contributed by atoms with Crippen molar-refractivity contribution in [3.05, 3.63) is 38.9 Å². The van der Waals surface area contributed by atoms with Crippen LogP contribution in [0.1, 0.15) is 5.56 Å². The second kappa shape index (κ2) is 5.60. The maximum Gasteiger partial charge on any atom is 0.321 e. The van der Waals surface area contributed by atoms with E-state index in [1.54, 1.807) is 0 Å². The van der Waals surface area contributed by atoms with Gasteiger partial charge in [0.1, 0.15) is 6.04 Å². The molecule has 0 aliphatic carbocycles. The van der Waals surface area contributed by atoms with Gasteiger partial charge in [-0.1, -0.05) is 17.7 Å². The number of nitrogens with one attached hydrogen (secondary N) is 1. The molecule has 0 aliphatic heterocycles. The van der Waals surface area contributed by atoms with Crippen LogP contribution in [-0.4, -0.2) is 29.1 Å². The van der Waals surface area contributed by atoms with Crippen LogP contribution in [0.5, 0.6) is 0 Å². The van der Waals surface area contributed by atoms with E-state index in [9.17, 15) is 14.9 Å². The summed E-state index contributed by atoms with van der Waals surface area (Å²) < 4.78 is 0. The number of hydrogen-bond acceptors (Lipinski definition) is 4. The molecule has 7 heteroatoms. The summed E-state index contributed by atoms with van der Waals surface area (Å²) in [5.74, 6) is -0.998. The lowest BCUT2D eigenvalue weighted by molar-refractivity contribution is -0.384. The highest BCUT2D eigenvalue weighted by Gasteiger charge is 2.18.